The number of carbonyl (C=O) groups excluding carboxylic acids is 1. The fraction of sp³-hybridized carbons (Fsp3) is 0.875. The maximum atomic E-state index is 13.3. The number of fused-ring (bicyclic) bond motifs is 5. The van der Waals surface area contributed by atoms with E-state index in [1.54, 1.807) is 7.11 Å². The minimum atomic E-state index is -0.319. The molecule has 7 rings (SSSR count). The van der Waals surface area contributed by atoms with Crippen molar-refractivity contribution < 1.29 is 14.6 Å². The van der Waals surface area contributed by atoms with Gasteiger partial charge in [-0.25, -0.2) is 0 Å². The summed E-state index contributed by atoms with van der Waals surface area (Å²) in [7, 11) is 1.60. The third kappa shape index (κ3) is 1.22. The molecule has 0 aliphatic heterocycles. The maximum Gasteiger partial charge on any atom is 0.312 e. The van der Waals surface area contributed by atoms with Crippen LogP contribution in [0.15, 0.2) is 12.2 Å². The smallest absolute Gasteiger partial charge is 0.312 e. The van der Waals surface area contributed by atoms with Crippen molar-refractivity contribution >= 4 is 5.97 Å². The highest BCUT2D eigenvalue weighted by atomic mass is 16.5. The highest BCUT2D eigenvalue weighted by Gasteiger charge is 2.88. The van der Waals surface area contributed by atoms with Gasteiger partial charge < -0.3 is 9.84 Å². The van der Waals surface area contributed by atoms with Gasteiger partial charge in [0, 0.05) is 5.41 Å². The van der Waals surface area contributed by atoms with Crippen molar-refractivity contribution in [3.05, 3.63) is 12.2 Å². The minimum Gasteiger partial charge on any atom is -0.469 e. The molecule has 3 nitrogen and oxygen atoms in total. The third-order valence-corrected chi connectivity index (χ3v) is 12.0. The highest BCUT2D eigenvalue weighted by molar-refractivity contribution is 5.78. The molecule has 14 atom stereocenters. The molecule has 0 aromatic rings. The van der Waals surface area contributed by atoms with E-state index in [0.717, 1.165) is 12.8 Å². The number of allylic oxidation sites excluding steroid dienone is 2. The molecule has 0 unspecified atom stereocenters. The summed E-state index contributed by atoms with van der Waals surface area (Å²) in [6.45, 7) is 7.12. The lowest BCUT2D eigenvalue weighted by atomic mass is 9.64. The van der Waals surface area contributed by atoms with Crippen LogP contribution in [-0.2, 0) is 9.53 Å². The number of aliphatic hydroxyl groups excluding tert-OH is 1. The zero-order valence-electron chi connectivity index (χ0n) is 16.9. The number of methoxy groups -OCH3 is 1. The van der Waals surface area contributed by atoms with Gasteiger partial charge in [0.25, 0.3) is 0 Å². The van der Waals surface area contributed by atoms with Crippen molar-refractivity contribution in [1.29, 1.82) is 0 Å². The first-order valence-electron chi connectivity index (χ1n) is 11.3. The lowest BCUT2D eigenvalue weighted by Crippen LogP contribution is -2.45. The van der Waals surface area contributed by atoms with E-state index in [4.69, 9.17) is 4.74 Å². The van der Waals surface area contributed by atoms with Crippen LogP contribution in [0.2, 0.25) is 0 Å². The molecule has 0 bridgehead atoms. The Hall–Kier alpha value is -0.830. The number of hydrogen-bond acceptors (Lipinski definition) is 3. The van der Waals surface area contributed by atoms with Crippen LogP contribution in [0, 0.1) is 75.4 Å². The van der Waals surface area contributed by atoms with Crippen LogP contribution in [0.25, 0.3) is 0 Å². The van der Waals surface area contributed by atoms with E-state index in [-0.39, 0.29) is 28.3 Å². The molecule has 7 aliphatic rings. The van der Waals surface area contributed by atoms with Crippen LogP contribution in [0.4, 0.5) is 0 Å². The van der Waals surface area contributed by atoms with Crippen LogP contribution < -0.4 is 0 Å². The summed E-state index contributed by atoms with van der Waals surface area (Å²) in [6.07, 6.45) is 8.13. The Kier molecular flexibility index (Phi) is 2.49. The van der Waals surface area contributed by atoms with Gasteiger partial charge in [-0.3, -0.25) is 4.79 Å². The van der Waals surface area contributed by atoms with Gasteiger partial charge in [0.2, 0.25) is 0 Å². The number of esters is 1. The number of hydrogen-bond donors (Lipinski definition) is 1. The molecule has 3 heteroatoms. The lowest BCUT2D eigenvalue weighted by molar-refractivity contribution is -0.160. The topological polar surface area (TPSA) is 46.5 Å². The monoisotopic (exact) mass is 368 g/mol. The fourth-order valence-corrected chi connectivity index (χ4v) is 12.0. The second-order valence-corrected chi connectivity index (χ2v) is 11.9. The summed E-state index contributed by atoms with van der Waals surface area (Å²) in [5.41, 5.74) is -0.210. The summed E-state index contributed by atoms with van der Waals surface area (Å²) in [5, 5.41) is 11.8. The van der Waals surface area contributed by atoms with Crippen molar-refractivity contribution in [1.82, 2.24) is 0 Å². The molecule has 0 heterocycles. The zero-order chi connectivity index (χ0) is 18.7. The second-order valence-electron chi connectivity index (χ2n) is 11.9. The Morgan fingerprint density at radius 3 is 2.48 bits per heavy atom. The molecule has 6 fully saturated rings. The first kappa shape index (κ1) is 16.0. The van der Waals surface area contributed by atoms with E-state index >= 15 is 0 Å². The standard InChI is InChI=1S/C24H32O3/c1-22-9-8-12-17-14-13-15(23(2,20(22)25)19(14)18(12)22)10-6-5-7-11(10)16(13)24(17,3)21(26)27-4/h5-6,10-20,25H,7-9H2,1-4H3/t10-,11+,12+,13-,14-,15+,16+,17+,18-,19+,20-,22+,23+,24+/m0/s1. The van der Waals surface area contributed by atoms with Crippen LogP contribution in [0.3, 0.4) is 0 Å². The number of rotatable bonds is 1. The normalized spacial score (nSPS) is 70.8. The molecule has 0 aromatic carbocycles. The van der Waals surface area contributed by atoms with Gasteiger partial charge in [-0.15, -0.1) is 0 Å². The minimum absolute atomic E-state index is 0.0476. The van der Waals surface area contributed by atoms with Gasteiger partial charge in [0.15, 0.2) is 0 Å². The van der Waals surface area contributed by atoms with Crippen LogP contribution in [0.5, 0.6) is 0 Å². The first-order chi connectivity index (χ1) is 12.8. The van der Waals surface area contributed by atoms with Crippen molar-refractivity contribution in [2.75, 3.05) is 7.11 Å². The summed E-state index contributed by atoms with van der Waals surface area (Å²) in [6, 6.07) is 0. The van der Waals surface area contributed by atoms with Crippen LogP contribution >= 0.6 is 0 Å². The van der Waals surface area contributed by atoms with E-state index in [9.17, 15) is 9.90 Å². The summed E-state index contributed by atoms with van der Waals surface area (Å²) in [4.78, 5) is 13.3. The zero-order valence-corrected chi connectivity index (χ0v) is 16.9. The molecule has 0 radical (unpaired) electrons. The summed E-state index contributed by atoms with van der Waals surface area (Å²) in [5.74, 6) is 5.83. The molecule has 27 heavy (non-hydrogen) atoms. The van der Waals surface area contributed by atoms with E-state index < -0.39 is 0 Å². The summed E-state index contributed by atoms with van der Waals surface area (Å²) >= 11 is 0. The Morgan fingerprint density at radius 2 is 1.74 bits per heavy atom. The average molecular weight is 369 g/mol. The second kappa shape index (κ2) is 4.20. The highest BCUT2D eigenvalue weighted by Crippen LogP contribution is 2.89. The summed E-state index contributed by atoms with van der Waals surface area (Å²) < 4.78 is 5.50. The number of carbonyl (C=O) groups is 1. The first-order valence-corrected chi connectivity index (χ1v) is 11.3. The van der Waals surface area contributed by atoms with Crippen LogP contribution in [0.1, 0.15) is 40.0 Å². The Labute approximate surface area is 161 Å². The van der Waals surface area contributed by atoms with Crippen molar-refractivity contribution in [3.8, 4) is 0 Å². The molecule has 0 aromatic heterocycles. The maximum absolute atomic E-state index is 13.3. The van der Waals surface area contributed by atoms with Crippen molar-refractivity contribution in [3.63, 3.8) is 0 Å². The molecule has 0 amide bonds. The molecule has 0 spiro atoms. The van der Waals surface area contributed by atoms with E-state index in [2.05, 4.69) is 32.9 Å². The van der Waals surface area contributed by atoms with E-state index in [0.29, 0.717) is 59.2 Å². The Bertz CT molecular complexity index is 803. The molecule has 1 N–H and O–H groups in total. The SMILES string of the molecule is COC(=O)[C@]1(C)[C@@H]2[C@@H]3CC=C[C@@H]3[C@@H]3[C@@H]2[C@H]2[C@H]1[C@H]1CC[C@]4(C)[C@@H]1[C@@H]2[C@]3(C)[C@H]4O. The van der Waals surface area contributed by atoms with Crippen LogP contribution in [-0.4, -0.2) is 24.3 Å². The van der Waals surface area contributed by atoms with Crippen molar-refractivity contribution in [2.24, 2.45) is 75.4 Å². The Balaban J connectivity index is 1.52. The number of aliphatic hydroxyl groups is 1. The molecular weight excluding hydrogens is 336 g/mol. The largest absolute Gasteiger partial charge is 0.469 e. The predicted octanol–water partition coefficient (Wildman–Crippen LogP) is 3.52. The Morgan fingerprint density at radius 1 is 1.04 bits per heavy atom. The van der Waals surface area contributed by atoms with Gasteiger partial charge in [0.1, 0.15) is 0 Å². The van der Waals surface area contributed by atoms with Gasteiger partial charge in [-0.2, -0.15) is 0 Å². The number of ether oxygens (including phenoxy) is 1. The third-order valence-electron chi connectivity index (χ3n) is 12.0. The molecular formula is C24H32O3. The van der Waals surface area contributed by atoms with E-state index in [1.165, 1.54) is 6.42 Å². The van der Waals surface area contributed by atoms with Gasteiger partial charge in [-0.05, 0) is 90.8 Å². The average Bonchev–Trinajstić information content (AvgIpc) is 3.42. The molecule has 0 saturated heterocycles. The quantitative estimate of drug-likeness (QED) is 0.569. The molecule has 6 saturated carbocycles. The van der Waals surface area contributed by atoms with E-state index in [1.807, 2.05) is 0 Å². The van der Waals surface area contributed by atoms with Gasteiger partial charge in [-0.1, -0.05) is 26.0 Å². The fourth-order valence-electron chi connectivity index (χ4n) is 12.0. The predicted molar refractivity (Wildman–Crippen MR) is 100 cm³/mol. The van der Waals surface area contributed by atoms with Crippen molar-refractivity contribution in [2.45, 2.75) is 46.1 Å². The lowest BCUT2D eigenvalue weighted by Gasteiger charge is -2.41. The molecule has 7 aliphatic carbocycles. The van der Waals surface area contributed by atoms with Gasteiger partial charge in [0.05, 0.1) is 18.6 Å². The van der Waals surface area contributed by atoms with Gasteiger partial charge >= 0.3 is 5.97 Å². The molecule has 146 valence electrons.